The van der Waals surface area contributed by atoms with E-state index in [1.165, 1.54) is 0 Å². The average molecular weight is 515 g/mol. The number of carbonyl (C=O) groups excluding carboxylic acids is 1. The molecule has 2 N–H and O–H groups in total. The van der Waals surface area contributed by atoms with Crippen LogP contribution in [0.5, 0.6) is 0 Å². The topological polar surface area (TPSA) is 92.9 Å². The molecule has 1 saturated heterocycles. The lowest BCUT2D eigenvalue weighted by atomic mass is 9.96. The van der Waals surface area contributed by atoms with Gasteiger partial charge in [0.15, 0.2) is 5.11 Å². The monoisotopic (exact) mass is 514 g/mol. The zero-order valence-electron chi connectivity index (χ0n) is 21.3. The second-order valence-electron chi connectivity index (χ2n) is 9.42. The van der Waals surface area contributed by atoms with Gasteiger partial charge in [-0.05, 0) is 75.3 Å². The summed E-state index contributed by atoms with van der Waals surface area (Å²) in [6.07, 6.45) is 5.43. The minimum atomic E-state index is -0.161. The Morgan fingerprint density at radius 3 is 2.59 bits per heavy atom. The summed E-state index contributed by atoms with van der Waals surface area (Å²) in [6, 6.07) is 13.8. The van der Waals surface area contributed by atoms with Gasteiger partial charge >= 0.3 is 0 Å². The lowest BCUT2D eigenvalue weighted by Gasteiger charge is -2.28. The molecule has 0 spiro atoms. The summed E-state index contributed by atoms with van der Waals surface area (Å²) >= 11 is 5.80. The average Bonchev–Trinajstić information content (AvgIpc) is 3.58. The van der Waals surface area contributed by atoms with E-state index in [2.05, 4.69) is 55.3 Å². The molecule has 0 radical (unpaired) electrons. The Kier molecular flexibility index (Phi) is 6.75. The lowest BCUT2D eigenvalue weighted by molar-refractivity contribution is -0.116. The number of nitrogens with one attached hydrogen (secondary N) is 2. The van der Waals surface area contributed by atoms with E-state index < -0.39 is 0 Å². The molecule has 5 rings (SSSR count). The molecule has 0 bridgehead atoms. The molecule has 190 valence electrons. The van der Waals surface area contributed by atoms with Crippen molar-refractivity contribution in [2.75, 3.05) is 11.9 Å². The molecule has 9 nitrogen and oxygen atoms in total. The van der Waals surface area contributed by atoms with Gasteiger partial charge in [-0.3, -0.25) is 14.5 Å². The molecule has 10 heteroatoms. The van der Waals surface area contributed by atoms with Gasteiger partial charge in [0.2, 0.25) is 5.91 Å². The van der Waals surface area contributed by atoms with Crippen molar-refractivity contribution in [2.24, 2.45) is 0 Å². The van der Waals surface area contributed by atoms with Crippen LogP contribution in [-0.2, 0) is 4.79 Å². The smallest absolute Gasteiger partial charge is 0.226 e. The van der Waals surface area contributed by atoms with Crippen LogP contribution in [0, 0.1) is 27.7 Å². The quantitative estimate of drug-likeness (QED) is 0.360. The maximum Gasteiger partial charge on any atom is 0.226 e. The molecule has 0 saturated carbocycles. The summed E-state index contributed by atoms with van der Waals surface area (Å²) in [6.45, 7) is 8.60. The minimum Gasteiger partial charge on any atom is -0.352 e. The first kappa shape index (κ1) is 24.6. The Balaban J connectivity index is 1.45. The minimum absolute atomic E-state index is 0.0495. The molecule has 4 heterocycles. The maximum atomic E-state index is 13.0. The number of hydrogen-bond acceptors (Lipinski definition) is 5. The van der Waals surface area contributed by atoms with E-state index >= 15 is 0 Å². The molecule has 4 aromatic rings. The normalized spacial score (nSPS) is 17.2. The van der Waals surface area contributed by atoms with Gasteiger partial charge in [-0.1, -0.05) is 18.2 Å². The third kappa shape index (κ3) is 4.84. The number of pyridine rings is 1. The second kappa shape index (κ2) is 10.1. The molecule has 1 aliphatic heterocycles. The molecule has 1 aromatic carbocycles. The van der Waals surface area contributed by atoms with Gasteiger partial charge in [-0.2, -0.15) is 0 Å². The summed E-state index contributed by atoms with van der Waals surface area (Å²) in [5, 5.41) is 15.1. The Bertz CT molecular complexity index is 1430. The molecular weight excluding hydrogens is 484 g/mol. The molecule has 2 atom stereocenters. The fourth-order valence-corrected chi connectivity index (χ4v) is 5.35. The first-order valence-corrected chi connectivity index (χ1v) is 12.6. The number of hydrogen-bond donors (Lipinski definition) is 2. The molecule has 0 unspecified atom stereocenters. The van der Waals surface area contributed by atoms with Crippen LogP contribution < -0.4 is 10.6 Å². The van der Waals surface area contributed by atoms with E-state index in [0.717, 1.165) is 39.5 Å². The highest BCUT2D eigenvalue weighted by molar-refractivity contribution is 7.80. The predicted octanol–water partition coefficient (Wildman–Crippen LogP) is 4.02. The summed E-state index contributed by atoms with van der Waals surface area (Å²) in [5.41, 5.74) is 7.05. The van der Waals surface area contributed by atoms with Crippen LogP contribution in [-0.4, -0.2) is 47.0 Å². The molecule has 1 amide bonds. The van der Waals surface area contributed by atoms with Crippen LogP contribution in [0.3, 0.4) is 0 Å². The third-order valence-corrected chi connectivity index (χ3v) is 7.19. The Hall–Kier alpha value is -4.05. The first-order valence-electron chi connectivity index (χ1n) is 12.2. The highest BCUT2D eigenvalue weighted by Gasteiger charge is 2.41. The predicted molar refractivity (Wildman–Crippen MR) is 146 cm³/mol. The number of nitrogens with zero attached hydrogens (tertiary/aromatic N) is 6. The van der Waals surface area contributed by atoms with E-state index in [1.54, 1.807) is 18.9 Å². The van der Waals surface area contributed by atoms with Crippen LogP contribution in [0.15, 0.2) is 61.3 Å². The van der Waals surface area contributed by atoms with E-state index in [-0.39, 0.29) is 18.0 Å². The molecular formula is C27H30N8OS. The molecule has 1 aliphatic rings. The number of carbonyl (C=O) groups is 1. The zero-order chi connectivity index (χ0) is 26.1. The van der Waals surface area contributed by atoms with Crippen molar-refractivity contribution in [3.63, 3.8) is 0 Å². The largest absolute Gasteiger partial charge is 0.352 e. The number of benzene rings is 1. The van der Waals surface area contributed by atoms with Gasteiger partial charge in [-0.15, -0.1) is 10.2 Å². The zero-order valence-corrected chi connectivity index (χ0v) is 22.2. The molecule has 0 aliphatic carbocycles. The van der Waals surface area contributed by atoms with Crippen molar-refractivity contribution < 1.29 is 4.79 Å². The van der Waals surface area contributed by atoms with E-state index in [4.69, 9.17) is 12.2 Å². The van der Waals surface area contributed by atoms with Gasteiger partial charge in [0.05, 0.1) is 17.8 Å². The van der Waals surface area contributed by atoms with Gasteiger partial charge in [-0.25, -0.2) is 4.68 Å². The highest BCUT2D eigenvalue weighted by Crippen LogP contribution is 2.40. The van der Waals surface area contributed by atoms with E-state index in [9.17, 15) is 4.79 Å². The van der Waals surface area contributed by atoms with Crippen molar-refractivity contribution in [3.8, 4) is 0 Å². The van der Waals surface area contributed by atoms with Crippen LogP contribution in [0.25, 0.3) is 0 Å². The van der Waals surface area contributed by atoms with E-state index in [1.807, 2.05) is 54.9 Å². The summed E-state index contributed by atoms with van der Waals surface area (Å²) < 4.78 is 3.92. The van der Waals surface area contributed by atoms with E-state index in [0.29, 0.717) is 18.1 Å². The fraction of sp³-hybridized carbons (Fsp3) is 0.296. The summed E-state index contributed by atoms with van der Waals surface area (Å²) in [5.74, 6) is -0.0495. The van der Waals surface area contributed by atoms with Crippen molar-refractivity contribution in [1.29, 1.82) is 0 Å². The Morgan fingerprint density at radius 1 is 1.08 bits per heavy atom. The number of anilines is 1. The van der Waals surface area contributed by atoms with Crippen LogP contribution in [0.2, 0.25) is 0 Å². The second-order valence-corrected chi connectivity index (χ2v) is 9.80. The molecule has 37 heavy (non-hydrogen) atoms. The maximum absolute atomic E-state index is 13.0. The number of thiocarbonyl (C=S) groups is 1. The van der Waals surface area contributed by atoms with Crippen molar-refractivity contribution in [3.05, 3.63) is 95.1 Å². The molecule has 3 aromatic heterocycles. The Morgan fingerprint density at radius 2 is 1.86 bits per heavy atom. The highest BCUT2D eigenvalue weighted by atomic mass is 32.1. The number of aryl methyl sites for hydroxylation is 3. The van der Waals surface area contributed by atoms with Crippen molar-refractivity contribution in [2.45, 2.75) is 46.2 Å². The fourth-order valence-electron chi connectivity index (χ4n) is 5.02. The van der Waals surface area contributed by atoms with Crippen molar-refractivity contribution >= 4 is 28.9 Å². The SMILES string of the molecule is Cc1ccc(C)c(NC(=O)CCN2C(=S)N[C@@H](c3ccccn3)[C@@H]2c2cc(C)n(-n3cnnc3)c2C)c1. The standard InChI is InChI=1S/C27H30N8OS/c1-17-8-9-18(2)23(13-17)31-24(36)10-12-34-26(25(32-27(34)37)22-7-5-6-11-28-22)21-14-19(3)35(20(21)4)33-15-29-30-16-33/h5-9,11,13-16,25-26H,10,12H2,1-4H3,(H,31,36)(H,32,37)/t25-,26-/m0/s1. The third-order valence-electron chi connectivity index (χ3n) is 6.83. The van der Waals surface area contributed by atoms with Crippen LogP contribution in [0.1, 0.15) is 52.3 Å². The summed E-state index contributed by atoms with van der Waals surface area (Å²) in [7, 11) is 0. The molecule has 1 fully saturated rings. The van der Waals surface area contributed by atoms with Crippen LogP contribution in [0.4, 0.5) is 5.69 Å². The number of rotatable bonds is 7. The van der Waals surface area contributed by atoms with Gasteiger partial charge < -0.3 is 15.5 Å². The number of amides is 1. The van der Waals surface area contributed by atoms with Gasteiger partial charge in [0, 0.05) is 41.8 Å². The van der Waals surface area contributed by atoms with Crippen LogP contribution >= 0.6 is 12.2 Å². The van der Waals surface area contributed by atoms with Gasteiger partial charge in [0.25, 0.3) is 0 Å². The number of aromatic nitrogens is 5. The summed E-state index contributed by atoms with van der Waals surface area (Å²) in [4.78, 5) is 19.7. The first-order chi connectivity index (χ1) is 17.8. The van der Waals surface area contributed by atoms with Gasteiger partial charge in [0.1, 0.15) is 12.7 Å². The lowest BCUT2D eigenvalue weighted by Crippen LogP contribution is -2.33. The van der Waals surface area contributed by atoms with Crippen molar-refractivity contribution in [1.82, 2.24) is 34.8 Å². The Labute approximate surface area is 221 Å².